The summed E-state index contributed by atoms with van der Waals surface area (Å²) in [6.07, 6.45) is -0.105. The summed E-state index contributed by atoms with van der Waals surface area (Å²) in [5.41, 5.74) is 10.5. The van der Waals surface area contributed by atoms with Crippen molar-refractivity contribution in [2.45, 2.75) is 44.7 Å². The molecule has 3 amide bonds. The van der Waals surface area contributed by atoms with Crippen LogP contribution in [0.4, 0.5) is 0 Å². The quantitative estimate of drug-likeness (QED) is 0.315. The minimum Gasteiger partial charge on any atom is -0.480 e. The fourth-order valence-electron chi connectivity index (χ4n) is 1.53. The summed E-state index contributed by atoms with van der Waals surface area (Å²) in [7, 11) is 0. The lowest BCUT2D eigenvalue weighted by atomic mass is 10.1. The van der Waals surface area contributed by atoms with Crippen molar-refractivity contribution in [3.8, 4) is 0 Å². The molecule has 0 spiro atoms. The van der Waals surface area contributed by atoms with Crippen LogP contribution in [-0.4, -0.2) is 47.4 Å². The summed E-state index contributed by atoms with van der Waals surface area (Å²) in [6.45, 7) is 2.25. The van der Waals surface area contributed by atoms with Crippen molar-refractivity contribution in [2.24, 2.45) is 11.5 Å². The Morgan fingerprint density at radius 2 is 1.76 bits per heavy atom. The number of amides is 3. The molecule has 0 saturated heterocycles. The third-order valence-corrected chi connectivity index (χ3v) is 2.69. The highest BCUT2D eigenvalue weighted by Gasteiger charge is 2.23. The van der Waals surface area contributed by atoms with Crippen LogP contribution >= 0.6 is 0 Å². The number of rotatable bonds is 10. The second kappa shape index (κ2) is 9.70. The predicted molar refractivity (Wildman–Crippen MR) is 73.9 cm³/mol. The second-order valence-electron chi connectivity index (χ2n) is 4.50. The van der Waals surface area contributed by atoms with E-state index in [1.165, 1.54) is 0 Å². The molecule has 9 nitrogen and oxygen atoms in total. The lowest BCUT2D eigenvalue weighted by Gasteiger charge is -2.17. The van der Waals surface area contributed by atoms with Gasteiger partial charge in [-0.05, 0) is 19.8 Å². The topological polar surface area (TPSA) is 165 Å². The molecule has 0 unspecified atom stereocenters. The van der Waals surface area contributed by atoms with Crippen LogP contribution in [0.3, 0.4) is 0 Å². The Labute approximate surface area is 122 Å². The van der Waals surface area contributed by atoms with E-state index in [9.17, 15) is 19.2 Å². The molecule has 0 aliphatic heterocycles. The van der Waals surface area contributed by atoms with Crippen molar-refractivity contribution in [2.75, 3.05) is 6.54 Å². The van der Waals surface area contributed by atoms with Crippen LogP contribution in [0.15, 0.2) is 0 Å². The lowest BCUT2D eigenvalue weighted by molar-refractivity contribution is -0.142. The van der Waals surface area contributed by atoms with Crippen LogP contribution < -0.4 is 22.1 Å². The molecule has 0 aromatic heterocycles. The Morgan fingerprint density at radius 3 is 2.24 bits per heavy atom. The number of aliphatic carboxylic acids is 1. The van der Waals surface area contributed by atoms with E-state index in [0.29, 0.717) is 6.54 Å². The summed E-state index contributed by atoms with van der Waals surface area (Å²) < 4.78 is 0. The maximum Gasteiger partial charge on any atom is 0.326 e. The van der Waals surface area contributed by atoms with Gasteiger partial charge in [-0.1, -0.05) is 0 Å². The Morgan fingerprint density at radius 1 is 1.14 bits per heavy atom. The zero-order valence-corrected chi connectivity index (χ0v) is 11.9. The summed E-state index contributed by atoms with van der Waals surface area (Å²) in [4.78, 5) is 44.5. The third-order valence-electron chi connectivity index (χ3n) is 2.69. The van der Waals surface area contributed by atoms with Crippen LogP contribution in [0.5, 0.6) is 0 Å². The number of nitrogens with one attached hydrogen (secondary N) is 2. The van der Waals surface area contributed by atoms with Crippen molar-refractivity contribution in [3.05, 3.63) is 0 Å². The molecule has 0 aromatic rings. The number of carbonyl (C=O) groups is 4. The molecule has 9 heteroatoms. The normalized spacial score (nSPS) is 13.0. The number of carboxylic acids is 1. The first-order valence-corrected chi connectivity index (χ1v) is 6.61. The number of nitrogens with two attached hydrogens (primary N) is 2. The minimum atomic E-state index is -1.28. The molecule has 0 heterocycles. The average molecular weight is 302 g/mol. The fourth-order valence-corrected chi connectivity index (χ4v) is 1.53. The van der Waals surface area contributed by atoms with Gasteiger partial charge < -0.3 is 27.2 Å². The molecule has 0 aliphatic carbocycles. The van der Waals surface area contributed by atoms with E-state index in [1.807, 2.05) is 0 Å². The number of hydrogen-bond acceptors (Lipinski definition) is 5. The maximum absolute atomic E-state index is 11.7. The first kappa shape index (κ1) is 18.8. The fraction of sp³-hybridized carbons (Fsp3) is 0.667. The smallest absolute Gasteiger partial charge is 0.326 e. The Hall–Kier alpha value is -2.16. The van der Waals surface area contributed by atoms with Crippen molar-refractivity contribution in [1.29, 1.82) is 0 Å². The van der Waals surface area contributed by atoms with Crippen LogP contribution in [0.25, 0.3) is 0 Å². The second-order valence-corrected chi connectivity index (χ2v) is 4.50. The van der Waals surface area contributed by atoms with Gasteiger partial charge in [-0.2, -0.15) is 0 Å². The molecule has 2 atom stereocenters. The lowest BCUT2D eigenvalue weighted by Crippen LogP contribution is -2.49. The van der Waals surface area contributed by atoms with Gasteiger partial charge in [0, 0.05) is 19.4 Å². The van der Waals surface area contributed by atoms with Crippen molar-refractivity contribution in [3.63, 3.8) is 0 Å². The molecule has 0 saturated carbocycles. The van der Waals surface area contributed by atoms with E-state index in [-0.39, 0.29) is 31.6 Å². The van der Waals surface area contributed by atoms with Gasteiger partial charge in [0.15, 0.2) is 0 Å². The monoisotopic (exact) mass is 302 g/mol. The van der Waals surface area contributed by atoms with Gasteiger partial charge in [-0.25, -0.2) is 4.79 Å². The van der Waals surface area contributed by atoms with Crippen molar-refractivity contribution >= 4 is 23.7 Å². The van der Waals surface area contributed by atoms with Crippen LogP contribution in [0, 0.1) is 0 Å². The zero-order valence-electron chi connectivity index (χ0n) is 11.9. The van der Waals surface area contributed by atoms with Gasteiger partial charge in [-0.15, -0.1) is 0 Å². The maximum atomic E-state index is 11.7. The summed E-state index contributed by atoms with van der Waals surface area (Å²) >= 11 is 0. The average Bonchev–Trinajstić information content (AvgIpc) is 2.40. The van der Waals surface area contributed by atoms with E-state index in [1.54, 1.807) is 6.92 Å². The molecule has 120 valence electrons. The largest absolute Gasteiger partial charge is 0.480 e. The van der Waals surface area contributed by atoms with Crippen molar-refractivity contribution in [1.82, 2.24) is 10.6 Å². The number of primary amides is 1. The highest BCUT2D eigenvalue weighted by molar-refractivity contribution is 5.87. The molecule has 0 bridgehead atoms. The van der Waals surface area contributed by atoms with Gasteiger partial charge in [-0.3, -0.25) is 14.4 Å². The Balaban J connectivity index is 4.30. The SMILES string of the molecule is CCNC(=O)CC[C@H](N)C(=O)N[C@@H](CCC(N)=O)C(=O)O. The first-order valence-electron chi connectivity index (χ1n) is 6.61. The van der Waals surface area contributed by atoms with Gasteiger partial charge in [0.25, 0.3) is 0 Å². The summed E-state index contributed by atoms with van der Waals surface area (Å²) in [5, 5.41) is 13.7. The third kappa shape index (κ3) is 8.58. The number of hydrogen-bond donors (Lipinski definition) is 5. The Kier molecular flexibility index (Phi) is 8.70. The molecule has 0 aromatic carbocycles. The highest BCUT2D eigenvalue weighted by atomic mass is 16.4. The molecule has 0 aliphatic rings. The minimum absolute atomic E-state index is 0.0709. The first-order chi connectivity index (χ1) is 9.77. The molecule has 0 radical (unpaired) electrons. The molecular weight excluding hydrogens is 280 g/mol. The van der Waals surface area contributed by atoms with E-state index >= 15 is 0 Å². The van der Waals surface area contributed by atoms with Crippen molar-refractivity contribution < 1.29 is 24.3 Å². The van der Waals surface area contributed by atoms with Gasteiger partial charge in [0.1, 0.15) is 6.04 Å². The summed E-state index contributed by atoms with van der Waals surface area (Å²) in [6, 6.07) is -2.23. The van der Waals surface area contributed by atoms with Crippen LogP contribution in [0.1, 0.15) is 32.6 Å². The van der Waals surface area contributed by atoms with Crippen LogP contribution in [0.2, 0.25) is 0 Å². The molecule has 0 rings (SSSR count). The van der Waals surface area contributed by atoms with E-state index in [0.717, 1.165) is 0 Å². The zero-order chi connectivity index (χ0) is 16.4. The molecule has 0 fully saturated rings. The van der Waals surface area contributed by atoms with Crippen LogP contribution in [-0.2, 0) is 19.2 Å². The van der Waals surface area contributed by atoms with E-state index in [2.05, 4.69) is 10.6 Å². The molecule has 21 heavy (non-hydrogen) atoms. The van der Waals surface area contributed by atoms with Gasteiger partial charge >= 0.3 is 5.97 Å². The molecule has 7 N–H and O–H groups in total. The summed E-state index contributed by atoms with van der Waals surface area (Å²) in [5.74, 6) is -2.85. The standard InChI is InChI=1S/C12H22N4O5/c1-2-15-10(18)6-3-7(13)11(19)16-8(12(20)21)4-5-9(14)17/h7-8H,2-6,13H2,1H3,(H2,14,17)(H,15,18)(H,16,19)(H,20,21)/t7-,8-/m0/s1. The predicted octanol–water partition coefficient (Wildman–Crippen LogP) is -1.94. The van der Waals surface area contributed by atoms with Gasteiger partial charge in [0.05, 0.1) is 6.04 Å². The number of carbonyl (C=O) groups excluding carboxylic acids is 3. The number of carboxylic acid groups (broad SMARTS) is 1. The Bertz CT molecular complexity index is 399. The van der Waals surface area contributed by atoms with Gasteiger partial charge in [0.2, 0.25) is 17.7 Å². The van der Waals surface area contributed by atoms with E-state index < -0.39 is 29.9 Å². The highest BCUT2D eigenvalue weighted by Crippen LogP contribution is 2.00. The molecular formula is C12H22N4O5. The van der Waals surface area contributed by atoms with E-state index in [4.69, 9.17) is 16.6 Å².